The van der Waals surface area contributed by atoms with Crippen molar-refractivity contribution in [3.05, 3.63) is 0 Å². The molecule has 0 aromatic carbocycles. The second-order valence-electron chi connectivity index (χ2n) is 2.00. The number of hydrogen-bond donors (Lipinski definition) is 0. The van der Waals surface area contributed by atoms with E-state index in [9.17, 15) is 21.4 Å². The second kappa shape index (κ2) is 5.56. The summed E-state index contributed by atoms with van der Waals surface area (Å²) >= 11 is 0. The van der Waals surface area contributed by atoms with Crippen molar-refractivity contribution in [2.45, 2.75) is 6.92 Å². The van der Waals surface area contributed by atoms with Gasteiger partial charge in [0.05, 0.1) is 21.6 Å². The summed E-state index contributed by atoms with van der Waals surface area (Å²) in [6.07, 6.45) is 0. The zero-order valence-electron chi connectivity index (χ0n) is 6.98. The first-order valence-electron chi connectivity index (χ1n) is 2.91. The molecule has 12 heavy (non-hydrogen) atoms. The molecule has 0 saturated heterocycles. The summed E-state index contributed by atoms with van der Waals surface area (Å²) in [6.45, 7) is 1.40. The molecule has 0 aromatic heterocycles. The quantitative estimate of drug-likeness (QED) is 0.358. The van der Waals surface area contributed by atoms with E-state index in [0.717, 1.165) is 0 Å². The largest absolute Gasteiger partial charge is 1.00 e. The van der Waals surface area contributed by atoms with Gasteiger partial charge in [0.25, 0.3) is 0 Å². The van der Waals surface area contributed by atoms with E-state index in [2.05, 4.69) is 0 Å². The Balaban J connectivity index is 0. The van der Waals surface area contributed by atoms with Crippen LogP contribution >= 0.6 is 0 Å². The third kappa shape index (κ3) is 8.95. The summed E-state index contributed by atoms with van der Waals surface area (Å²) in [6, 6.07) is 0. The average Bonchev–Trinajstić information content (AvgIpc) is 1.83. The molecular formula is C4H9NaO5S2. The van der Waals surface area contributed by atoms with Gasteiger partial charge in [0.1, 0.15) is 0 Å². The van der Waals surface area contributed by atoms with Crippen LogP contribution in [0, 0.1) is 0 Å². The second-order valence-corrected chi connectivity index (χ2v) is 5.99. The van der Waals surface area contributed by atoms with Crippen molar-refractivity contribution in [2.75, 3.05) is 17.3 Å². The first-order valence-corrected chi connectivity index (χ1v) is 6.31. The van der Waals surface area contributed by atoms with Gasteiger partial charge in [-0.15, -0.1) is 0 Å². The maximum atomic E-state index is 10.6. The number of sulfone groups is 1. The van der Waals surface area contributed by atoms with Crippen LogP contribution in [-0.4, -0.2) is 38.6 Å². The molecule has 0 N–H and O–H groups in total. The molecule has 5 nitrogen and oxygen atoms in total. The molecule has 0 saturated carbocycles. The molecule has 0 aliphatic carbocycles. The fourth-order valence-electron chi connectivity index (χ4n) is 0.373. The van der Waals surface area contributed by atoms with Crippen LogP contribution in [-0.2, 0) is 20.0 Å². The van der Waals surface area contributed by atoms with Gasteiger partial charge in [0, 0.05) is 5.75 Å². The summed E-state index contributed by atoms with van der Waals surface area (Å²) < 4.78 is 51.2. The maximum absolute atomic E-state index is 10.6. The van der Waals surface area contributed by atoms with Gasteiger partial charge in [-0.1, -0.05) is 6.92 Å². The Morgan fingerprint density at radius 1 is 1.08 bits per heavy atom. The average molecular weight is 224 g/mol. The van der Waals surface area contributed by atoms with E-state index < -0.39 is 31.5 Å². The molecule has 8 heteroatoms. The summed E-state index contributed by atoms with van der Waals surface area (Å²) in [5.41, 5.74) is 0. The molecule has 0 aliphatic heterocycles. The van der Waals surface area contributed by atoms with Crippen LogP contribution in [0.15, 0.2) is 0 Å². The van der Waals surface area contributed by atoms with Gasteiger partial charge in [0.2, 0.25) is 0 Å². The van der Waals surface area contributed by atoms with E-state index in [1.807, 2.05) is 0 Å². The van der Waals surface area contributed by atoms with Gasteiger partial charge < -0.3 is 4.55 Å². The fraction of sp³-hybridized carbons (Fsp3) is 1.00. The molecule has 0 heterocycles. The van der Waals surface area contributed by atoms with Crippen LogP contribution in [0.4, 0.5) is 0 Å². The predicted octanol–water partition coefficient (Wildman–Crippen LogP) is -4.03. The third-order valence-corrected chi connectivity index (χ3v) is 3.75. The van der Waals surface area contributed by atoms with Gasteiger partial charge in [0.15, 0.2) is 9.84 Å². The molecule has 0 rings (SSSR count). The van der Waals surface area contributed by atoms with Crippen molar-refractivity contribution >= 4 is 20.0 Å². The minimum atomic E-state index is -4.40. The molecule has 0 bridgehead atoms. The molecule has 0 atom stereocenters. The van der Waals surface area contributed by atoms with E-state index >= 15 is 0 Å². The Labute approximate surface area is 94.5 Å². The molecule has 0 aliphatic rings. The smallest absolute Gasteiger partial charge is 0.748 e. The topological polar surface area (TPSA) is 91.3 Å². The van der Waals surface area contributed by atoms with Gasteiger partial charge in [-0.3, -0.25) is 0 Å². The third-order valence-electron chi connectivity index (χ3n) is 1.08. The van der Waals surface area contributed by atoms with Crippen LogP contribution in [0.3, 0.4) is 0 Å². The Kier molecular flexibility index (Phi) is 7.11. The molecule has 0 radical (unpaired) electrons. The molecular weight excluding hydrogens is 215 g/mol. The van der Waals surface area contributed by atoms with E-state index in [4.69, 9.17) is 0 Å². The van der Waals surface area contributed by atoms with Crippen LogP contribution in [0.2, 0.25) is 0 Å². The van der Waals surface area contributed by atoms with Gasteiger partial charge in [-0.05, 0) is 0 Å². The predicted molar refractivity (Wildman–Crippen MR) is 38.9 cm³/mol. The van der Waals surface area contributed by atoms with Crippen molar-refractivity contribution in [1.82, 2.24) is 0 Å². The Morgan fingerprint density at radius 3 is 1.75 bits per heavy atom. The van der Waals surface area contributed by atoms with Crippen LogP contribution < -0.4 is 29.6 Å². The van der Waals surface area contributed by atoms with Crippen molar-refractivity contribution in [1.29, 1.82) is 0 Å². The monoisotopic (exact) mass is 224 g/mol. The summed E-state index contributed by atoms with van der Waals surface area (Å²) in [7, 11) is -7.73. The van der Waals surface area contributed by atoms with Crippen molar-refractivity contribution in [3.63, 3.8) is 0 Å². The zero-order valence-corrected chi connectivity index (χ0v) is 10.6. The van der Waals surface area contributed by atoms with Gasteiger partial charge in [-0.2, -0.15) is 0 Å². The first kappa shape index (κ1) is 15.3. The Morgan fingerprint density at radius 2 is 1.50 bits per heavy atom. The van der Waals surface area contributed by atoms with E-state index in [1.54, 1.807) is 0 Å². The van der Waals surface area contributed by atoms with Gasteiger partial charge >= 0.3 is 29.6 Å². The van der Waals surface area contributed by atoms with Crippen molar-refractivity contribution in [2.24, 2.45) is 0 Å². The number of rotatable bonds is 4. The SMILES string of the molecule is CCS(=O)(=O)CCS(=O)(=O)[O-].[Na+]. The number of hydrogen-bond acceptors (Lipinski definition) is 5. The summed E-state index contributed by atoms with van der Waals surface area (Å²) in [4.78, 5) is 0. The van der Waals surface area contributed by atoms with E-state index in [1.165, 1.54) is 6.92 Å². The summed E-state index contributed by atoms with van der Waals surface area (Å²) in [5.74, 6) is -1.54. The van der Waals surface area contributed by atoms with Crippen LogP contribution in [0.1, 0.15) is 6.92 Å². The van der Waals surface area contributed by atoms with E-state index in [0.29, 0.717) is 0 Å². The van der Waals surface area contributed by atoms with Crippen LogP contribution in [0.5, 0.6) is 0 Å². The molecule has 0 aromatic rings. The van der Waals surface area contributed by atoms with Crippen molar-refractivity contribution in [3.8, 4) is 0 Å². The molecule has 0 fully saturated rings. The van der Waals surface area contributed by atoms with Crippen molar-refractivity contribution < 1.29 is 50.9 Å². The van der Waals surface area contributed by atoms with Crippen LogP contribution in [0.25, 0.3) is 0 Å². The minimum Gasteiger partial charge on any atom is -0.748 e. The zero-order chi connectivity index (χ0) is 9.12. The normalized spacial score (nSPS) is 12.2. The fourth-order valence-corrected chi connectivity index (χ4v) is 2.49. The molecule has 0 unspecified atom stereocenters. The Hall–Kier alpha value is 0.860. The molecule has 68 valence electrons. The Bertz CT molecular complexity index is 302. The standard InChI is InChI=1S/C4H10O5S2.Na/c1-2-10(5,6)3-4-11(7,8)9;/h2-4H2,1H3,(H,7,8,9);/q;+1/p-1. The molecule has 0 amide bonds. The molecule has 0 spiro atoms. The van der Waals surface area contributed by atoms with Gasteiger partial charge in [-0.25, -0.2) is 16.8 Å². The van der Waals surface area contributed by atoms with E-state index in [-0.39, 0.29) is 35.3 Å². The summed E-state index contributed by atoms with van der Waals surface area (Å²) in [5, 5.41) is 0. The minimum absolute atomic E-state index is 0. The maximum Gasteiger partial charge on any atom is 1.00 e. The first-order chi connectivity index (χ1) is 4.77.